The molecular formula is C18H28N2O2S. The van der Waals surface area contributed by atoms with Crippen LogP contribution in [0.5, 0.6) is 0 Å². The van der Waals surface area contributed by atoms with Gasteiger partial charge in [-0.3, -0.25) is 9.59 Å². The second kappa shape index (κ2) is 5.98. The van der Waals surface area contributed by atoms with Crippen LogP contribution in [-0.4, -0.2) is 40.9 Å². The first-order chi connectivity index (χ1) is 11.0. The second-order valence-corrected chi connectivity index (χ2v) is 9.47. The summed E-state index contributed by atoms with van der Waals surface area (Å²) in [6, 6.07) is 0.284. The molecule has 1 aliphatic heterocycles. The average Bonchev–Trinajstić information content (AvgIpc) is 2.89. The molecular weight excluding hydrogens is 308 g/mol. The van der Waals surface area contributed by atoms with E-state index in [9.17, 15) is 9.59 Å². The standard InChI is InChI=1S/C18H28N2O2S/c1-12(19-16(21)2-3-20-4-5-23-17(20)22)18-9-13-6-14(10-18)8-15(7-13)11-18/h12-15H,2-11H2,1H3,(H,19,21). The van der Waals surface area contributed by atoms with Gasteiger partial charge in [0.05, 0.1) is 0 Å². The number of nitrogens with one attached hydrogen (secondary N) is 1. The summed E-state index contributed by atoms with van der Waals surface area (Å²) < 4.78 is 0. The minimum absolute atomic E-state index is 0.123. The Kier molecular flexibility index (Phi) is 4.11. The van der Waals surface area contributed by atoms with Crippen LogP contribution in [0.4, 0.5) is 4.79 Å². The number of thioether (sulfide) groups is 1. The normalized spacial score (nSPS) is 39.8. The first-order valence-corrected chi connectivity index (χ1v) is 10.2. The predicted molar refractivity (Wildman–Crippen MR) is 92.3 cm³/mol. The van der Waals surface area contributed by atoms with Gasteiger partial charge in [-0.15, -0.1) is 0 Å². The van der Waals surface area contributed by atoms with Gasteiger partial charge in [-0.25, -0.2) is 0 Å². The van der Waals surface area contributed by atoms with Crippen LogP contribution in [0.3, 0.4) is 0 Å². The Hall–Kier alpha value is -0.710. The number of hydrogen-bond donors (Lipinski definition) is 1. The summed E-state index contributed by atoms with van der Waals surface area (Å²) in [7, 11) is 0. The minimum atomic E-state index is 0.123. The first-order valence-electron chi connectivity index (χ1n) is 9.25. The molecule has 23 heavy (non-hydrogen) atoms. The fraction of sp³-hybridized carbons (Fsp3) is 0.889. The summed E-state index contributed by atoms with van der Waals surface area (Å²) >= 11 is 1.36. The number of nitrogens with zero attached hydrogens (tertiary/aromatic N) is 1. The van der Waals surface area contributed by atoms with Crippen molar-refractivity contribution < 1.29 is 9.59 Å². The molecule has 5 fully saturated rings. The van der Waals surface area contributed by atoms with Crippen LogP contribution in [-0.2, 0) is 4.79 Å². The molecule has 5 rings (SSSR count). The van der Waals surface area contributed by atoms with Gasteiger partial charge in [0.15, 0.2) is 0 Å². The van der Waals surface area contributed by atoms with Crippen molar-refractivity contribution in [2.24, 2.45) is 23.2 Å². The molecule has 4 nitrogen and oxygen atoms in total. The third kappa shape index (κ3) is 3.01. The van der Waals surface area contributed by atoms with E-state index in [1.165, 1.54) is 50.3 Å². The zero-order valence-electron chi connectivity index (χ0n) is 14.1. The van der Waals surface area contributed by atoms with E-state index in [2.05, 4.69) is 12.2 Å². The lowest BCUT2D eigenvalue weighted by Crippen LogP contribution is -2.56. The maximum atomic E-state index is 12.4. The highest BCUT2D eigenvalue weighted by Crippen LogP contribution is 2.61. The number of amides is 2. The van der Waals surface area contributed by atoms with Gasteiger partial charge in [-0.05, 0) is 68.6 Å². The van der Waals surface area contributed by atoms with E-state index in [0.717, 1.165) is 30.1 Å². The molecule has 1 unspecified atom stereocenters. The van der Waals surface area contributed by atoms with Crippen molar-refractivity contribution in [1.29, 1.82) is 0 Å². The molecule has 1 saturated heterocycles. The summed E-state index contributed by atoms with van der Waals surface area (Å²) in [5.41, 5.74) is 0.365. The number of carbonyl (C=O) groups is 2. The molecule has 5 heteroatoms. The molecule has 0 aromatic heterocycles. The Balaban J connectivity index is 1.31. The molecule has 0 spiro atoms. The topological polar surface area (TPSA) is 49.4 Å². The monoisotopic (exact) mass is 336 g/mol. The fourth-order valence-electron chi connectivity index (χ4n) is 6.04. The Morgan fingerprint density at radius 1 is 1.26 bits per heavy atom. The van der Waals surface area contributed by atoms with E-state index in [4.69, 9.17) is 0 Å². The van der Waals surface area contributed by atoms with E-state index in [1.807, 2.05) is 0 Å². The van der Waals surface area contributed by atoms with Crippen molar-refractivity contribution in [3.8, 4) is 0 Å². The summed E-state index contributed by atoms with van der Waals surface area (Å²) in [6.07, 6.45) is 8.73. The van der Waals surface area contributed by atoms with Crippen molar-refractivity contribution in [2.75, 3.05) is 18.8 Å². The van der Waals surface area contributed by atoms with Crippen LogP contribution >= 0.6 is 11.8 Å². The molecule has 5 aliphatic rings. The zero-order valence-corrected chi connectivity index (χ0v) is 14.9. The maximum absolute atomic E-state index is 12.4. The largest absolute Gasteiger partial charge is 0.353 e. The van der Waals surface area contributed by atoms with Gasteiger partial charge in [-0.1, -0.05) is 11.8 Å². The van der Waals surface area contributed by atoms with Crippen LogP contribution in [0, 0.1) is 23.2 Å². The number of rotatable bonds is 5. The van der Waals surface area contributed by atoms with E-state index >= 15 is 0 Å². The molecule has 4 saturated carbocycles. The minimum Gasteiger partial charge on any atom is -0.353 e. The van der Waals surface area contributed by atoms with Gasteiger partial charge in [0.2, 0.25) is 5.91 Å². The number of carbonyl (C=O) groups excluding carboxylic acids is 2. The second-order valence-electron chi connectivity index (χ2n) is 8.42. The highest BCUT2D eigenvalue weighted by Gasteiger charge is 2.53. The average molecular weight is 337 g/mol. The van der Waals surface area contributed by atoms with Crippen molar-refractivity contribution in [3.05, 3.63) is 0 Å². The molecule has 4 aliphatic carbocycles. The molecule has 0 aromatic carbocycles. The van der Waals surface area contributed by atoms with E-state index < -0.39 is 0 Å². The van der Waals surface area contributed by atoms with Crippen molar-refractivity contribution in [2.45, 2.75) is 57.9 Å². The lowest BCUT2D eigenvalue weighted by Gasteiger charge is -2.59. The van der Waals surface area contributed by atoms with Gasteiger partial charge in [0.25, 0.3) is 5.24 Å². The SMILES string of the molecule is CC(NC(=O)CCN1CCSC1=O)C12CC3CC(CC(C3)C1)C2. The maximum Gasteiger partial charge on any atom is 0.281 e. The van der Waals surface area contributed by atoms with Crippen LogP contribution < -0.4 is 5.32 Å². The van der Waals surface area contributed by atoms with Gasteiger partial charge < -0.3 is 10.2 Å². The fourth-order valence-corrected chi connectivity index (χ4v) is 6.89. The van der Waals surface area contributed by atoms with Crippen LogP contribution in [0.2, 0.25) is 0 Å². The molecule has 0 radical (unpaired) electrons. The van der Waals surface area contributed by atoms with Crippen molar-refractivity contribution in [3.63, 3.8) is 0 Å². The Bertz CT molecular complexity index is 472. The molecule has 1 heterocycles. The van der Waals surface area contributed by atoms with Crippen LogP contribution in [0.25, 0.3) is 0 Å². The third-order valence-electron chi connectivity index (χ3n) is 6.84. The zero-order chi connectivity index (χ0) is 16.0. The number of hydrogen-bond acceptors (Lipinski definition) is 3. The van der Waals surface area contributed by atoms with Crippen molar-refractivity contribution >= 4 is 22.9 Å². The Morgan fingerprint density at radius 2 is 1.87 bits per heavy atom. The van der Waals surface area contributed by atoms with Gasteiger partial charge >= 0.3 is 0 Å². The highest BCUT2D eigenvalue weighted by atomic mass is 32.2. The molecule has 1 N–H and O–H groups in total. The van der Waals surface area contributed by atoms with Crippen molar-refractivity contribution in [1.82, 2.24) is 10.2 Å². The molecule has 2 amide bonds. The molecule has 1 atom stereocenters. The molecule has 4 bridgehead atoms. The van der Waals surface area contributed by atoms with E-state index in [0.29, 0.717) is 18.4 Å². The van der Waals surface area contributed by atoms with E-state index in [1.54, 1.807) is 4.90 Å². The van der Waals surface area contributed by atoms with Crippen LogP contribution in [0.15, 0.2) is 0 Å². The third-order valence-corrected chi connectivity index (χ3v) is 7.73. The van der Waals surface area contributed by atoms with Gasteiger partial charge in [-0.2, -0.15) is 0 Å². The lowest BCUT2D eigenvalue weighted by atomic mass is 9.48. The molecule has 0 aromatic rings. The smallest absolute Gasteiger partial charge is 0.281 e. The lowest BCUT2D eigenvalue weighted by molar-refractivity contribution is -0.126. The predicted octanol–water partition coefficient (Wildman–Crippen LogP) is 3.27. The van der Waals surface area contributed by atoms with Crippen LogP contribution in [0.1, 0.15) is 51.9 Å². The highest BCUT2D eigenvalue weighted by molar-refractivity contribution is 8.13. The molecule has 128 valence electrons. The summed E-state index contributed by atoms with van der Waals surface area (Å²) in [4.78, 5) is 25.8. The summed E-state index contributed by atoms with van der Waals surface area (Å²) in [6.45, 7) is 3.59. The van der Waals surface area contributed by atoms with Gasteiger partial charge in [0.1, 0.15) is 0 Å². The summed E-state index contributed by atoms with van der Waals surface area (Å²) in [5, 5.41) is 3.42. The van der Waals surface area contributed by atoms with E-state index in [-0.39, 0.29) is 17.2 Å². The van der Waals surface area contributed by atoms with Gasteiger partial charge in [0, 0.05) is 31.3 Å². The first kappa shape index (κ1) is 15.8. The summed E-state index contributed by atoms with van der Waals surface area (Å²) in [5.74, 6) is 3.74. The quantitative estimate of drug-likeness (QED) is 0.838. The Morgan fingerprint density at radius 3 is 2.39 bits per heavy atom. The Labute approximate surface area is 143 Å².